The lowest BCUT2D eigenvalue weighted by Crippen LogP contribution is -2.38. The van der Waals surface area contributed by atoms with Gasteiger partial charge in [-0.1, -0.05) is 12.1 Å². The molecule has 6 nitrogen and oxygen atoms in total. The van der Waals surface area contributed by atoms with E-state index in [9.17, 15) is 9.59 Å². The van der Waals surface area contributed by atoms with Crippen LogP contribution in [0.5, 0.6) is 0 Å². The van der Waals surface area contributed by atoms with Crippen molar-refractivity contribution in [3.63, 3.8) is 0 Å². The molecule has 1 unspecified atom stereocenters. The molecule has 20 heavy (non-hydrogen) atoms. The van der Waals surface area contributed by atoms with Gasteiger partial charge in [0.05, 0.1) is 18.7 Å². The van der Waals surface area contributed by atoms with E-state index in [4.69, 9.17) is 5.73 Å². The zero-order valence-electron chi connectivity index (χ0n) is 11.7. The Labute approximate surface area is 117 Å². The Balaban J connectivity index is 2.06. The third-order valence-electron chi connectivity index (χ3n) is 3.50. The van der Waals surface area contributed by atoms with E-state index in [1.165, 1.54) is 7.11 Å². The largest absolute Gasteiger partial charge is 0.453 e. The van der Waals surface area contributed by atoms with Crippen LogP contribution in [0.25, 0.3) is 0 Å². The summed E-state index contributed by atoms with van der Waals surface area (Å²) >= 11 is 0. The number of anilines is 1. The third kappa shape index (κ3) is 2.84. The van der Waals surface area contributed by atoms with Crippen LogP contribution in [0.4, 0.5) is 10.5 Å². The zero-order valence-corrected chi connectivity index (χ0v) is 11.7. The smallest absolute Gasteiger partial charge is 0.407 e. The fourth-order valence-electron chi connectivity index (χ4n) is 2.43. The molecule has 0 aliphatic carbocycles. The van der Waals surface area contributed by atoms with Crippen LogP contribution < -0.4 is 11.1 Å². The van der Waals surface area contributed by atoms with Crippen LogP contribution >= 0.6 is 0 Å². The molecule has 2 rings (SSSR count). The van der Waals surface area contributed by atoms with Crippen LogP contribution in [0.1, 0.15) is 22.3 Å². The fourth-order valence-corrected chi connectivity index (χ4v) is 2.43. The van der Waals surface area contributed by atoms with Crippen molar-refractivity contribution in [1.82, 2.24) is 10.2 Å². The summed E-state index contributed by atoms with van der Waals surface area (Å²) in [6.45, 7) is 2.94. The van der Waals surface area contributed by atoms with Crippen LogP contribution in [-0.4, -0.2) is 43.1 Å². The van der Waals surface area contributed by atoms with Gasteiger partial charge in [-0.25, -0.2) is 4.79 Å². The molecule has 1 atom stereocenters. The van der Waals surface area contributed by atoms with Gasteiger partial charge in [-0.2, -0.15) is 0 Å². The van der Waals surface area contributed by atoms with Crippen molar-refractivity contribution in [3.8, 4) is 0 Å². The molecule has 0 spiro atoms. The molecular weight excluding hydrogens is 258 g/mol. The number of methoxy groups -OCH3 is 1. The molecule has 1 fully saturated rings. The Morgan fingerprint density at radius 2 is 2.20 bits per heavy atom. The van der Waals surface area contributed by atoms with Crippen LogP contribution in [0.3, 0.4) is 0 Å². The minimum Gasteiger partial charge on any atom is -0.453 e. The molecule has 1 aromatic rings. The molecule has 3 N–H and O–H groups in total. The van der Waals surface area contributed by atoms with Crippen molar-refractivity contribution in [3.05, 3.63) is 29.3 Å². The fraction of sp³-hybridized carbons (Fsp3) is 0.429. The minimum atomic E-state index is -0.472. The van der Waals surface area contributed by atoms with Crippen molar-refractivity contribution >= 4 is 17.7 Å². The molecule has 2 amide bonds. The summed E-state index contributed by atoms with van der Waals surface area (Å²) in [5, 5.41) is 2.71. The number of rotatable bonds is 2. The van der Waals surface area contributed by atoms with Crippen molar-refractivity contribution < 1.29 is 14.3 Å². The average Bonchev–Trinajstić information content (AvgIpc) is 2.86. The normalized spacial score (nSPS) is 17.9. The second kappa shape index (κ2) is 5.81. The van der Waals surface area contributed by atoms with E-state index >= 15 is 0 Å². The summed E-state index contributed by atoms with van der Waals surface area (Å²) in [5.41, 5.74) is 7.78. The van der Waals surface area contributed by atoms with E-state index in [0.717, 1.165) is 5.56 Å². The Kier molecular flexibility index (Phi) is 4.12. The lowest BCUT2D eigenvalue weighted by molar-refractivity contribution is 0.0788. The standard InChI is InChI=1S/C14H19N3O3/c1-9-4-3-5-11(15)12(9)13(18)17-7-6-10(8-17)16-14(19)20-2/h3-5,10H,6-8,15H2,1-2H3,(H,16,19). The molecule has 1 aromatic carbocycles. The molecule has 0 radical (unpaired) electrons. The number of alkyl carbamates (subject to hydrolysis) is 1. The number of carbonyl (C=O) groups is 2. The summed E-state index contributed by atoms with van der Waals surface area (Å²) < 4.78 is 4.56. The van der Waals surface area contributed by atoms with Crippen molar-refractivity contribution in [1.29, 1.82) is 0 Å². The van der Waals surface area contributed by atoms with Gasteiger partial charge in [-0.05, 0) is 25.0 Å². The number of amides is 2. The van der Waals surface area contributed by atoms with Gasteiger partial charge >= 0.3 is 6.09 Å². The molecule has 108 valence electrons. The number of ether oxygens (including phenoxy) is 1. The number of nitrogens with zero attached hydrogens (tertiary/aromatic N) is 1. The molecule has 6 heteroatoms. The molecule has 0 saturated carbocycles. The summed E-state index contributed by atoms with van der Waals surface area (Å²) in [6.07, 6.45) is 0.242. The Hall–Kier alpha value is -2.24. The molecule has 0 bridgehead atoms. The van der Waals surface area contributed by atoms with Gasteiger partial charge in [0.25, 0.3) is 5.91 Å². The number of hydrogen-bond acceptors (Lipinski definition) is 4. The van der Waals surface area contributed by atoms with Crippen molar-refractivity contribution in [2.24, 2.45) is 0 Å². The van der Waals surface area contributed by atoms with Gasteiger partial charge in [0.2, 0.25) is 0 Å². The number of nitrogens with two attached hydrogens (primary N) is 1. The number of carbonyl (C=O) groups excluding carboxylic acids is 2. The highest BCUT2D eigenvalue weighted by molar-refractivity contribution is 6.00. The SMILES string of the molecule is COC(=O)NC1CCN(C(=O)c2c(C)cccc2N)C1. The van der Waals surface area contributed by atoms with Crippen molar-refractivity contribution in [2.45, 2.75) is 19.4 Å². The number of likely N-dealkylation sites (tertiary alicyclic amines) is 1. The number of nitrogen functional groups attached to an aromatic ring is 1. The number of hydrogen-bond donors (Lipinski definition) is 2. The molecule has 0 aromatic heterocycles. The molecular formula is C14H19N3O3. The first kappa shape index (κ1) is 14.2. The predicted molar refractivity (Wildman–Crippen MR) is 75.4 cm³/mol. The second-order valence-corrected chi connectivity index (χ2v) is 4.91. The van der Waals surface area contributed by atoms with Gasteiger partial charge in [-0.3, -0.25) is 4.79 Å². The maximum absolute atomic E-state index is 12.5. The van der Waals surface area contributed by atoms with E-state index < -0.39 is 6.09 Å². The highest BCUT2D eigenvalue weighted by Gasteiger charge is 2.29. The monoisotopic (exact) mass is 277 g/mol. The third-order valence-corrected chi connectivity index (χ3v) is 3.50. The Bertz CT molecular complexity index is 510. The molecule has 1 aliphatic heterocycles. The van der Waals surface area contributed by atoms with Gasteiger partial charge in [0.1, 0.15) is 0 Å². The quantitative estimate of drug-likeness (QED) is 0.794. The first-order valence-corrected chi connectivity index (χ1v) is 6.51. The van der Waals surface area contributed by atoms with E-state index in [2.05, 4.69) is 10.1 Å². The lowest BCUT2D eigenvalue weighted by atomic mass is 10.1. The molecule has 1 saturated heterocycles. The number of aryl methyl sites for hydroxylation is 1. The first-order chi connectivity index (χ1) is 9.52. The summed E-state index contributed by atoms with van der Waals surface area (Å²) in [5.74, 6) is -0.0882. The number of benzene rings is 1. The van der Waals surface area contributed by atoms with E-state index in [-0.39, 0.29) is 11.9 Å². The average molecular weight is 277 g/mol. The summed E-state index contributed by atoms with van der Waals surface area (Å²) in [6, 6.07) is 5.34. The van der Waals surface area contributed by atoms with Gasteiger partial charge in [-0.15, -0.1) is 0 Å². The van der Waals surface area contributed by atoms with Crippen LogP contribution in [0, 0.1) is 6.92 Å². The summed E-state index contributed by atoms with van der Waals surface area (Å²) in [7, 11) is 1.32. The highest BCUT2D eigenvalue weighted by atomic mass is 16.5. The maximum Gasteiger partial charge on any atom is 0.407 e. The first-order valence-electron chi connectivity index (χ1n) is 6.51. The van der Waals surface area contributed by atoms with Crippen molar-refractivity contribution in [2.75, 3.05) is 25.9 Å². The second-order valence-electron chi connectivity index (χ2n) is 4.91. The summed E-state index contributed by atoms with van der Waals surface area (Å²) in [4.78, 5) is 25.4. The predicted octanol–water partition coefficient (Wildman–Crippen LogP) is 1.15. The van der Waals surface area contributed by atoms with Gasteiger partial charge < -0.3 is 20.7 Å². The van der Waals surface area contributed by atoms with E-state index in [1.54, 1.807) is 11.0 Å². The van der Waals surface area contributed by atoms with Crippen LogP contribution in [0.15, 0.2) is 18.2 Å². The topological polar surface area (TPSA) is 84.7 Å². The molecule has 1 heterocycles. The van der Waals surface area contributed by atoms with Crippen LogP contribution in [-0.2, 0) is 4.74 Å². The Morgan fingerprint density at radius 3 is 2.85 bits per heavy atom. The maximum atomic E-state index is 12.5. The van der Waals surface area contributed by atoms with Crippen LogP contribution in [0.2, 0.25) is 0 Å². The number of nitrogens with one attached hydrogen (secondary N) is 1. The van der Waals surface area contributed by atoms with E-state index in [0.29, 0.717) is 30.8 Å². The zero-order chi connectivity index (χ0) is 14.7. The van der Waals surface area contributed by atoms with Gasteiger partial charge in [0.15, 0.2) is 0 Å². The minimum absolute atomic E-state index is 0.0726. The highest BCUT2D eigenvalue weighted by Crippen LogP contribution is 2.21. The lowest BCUT2D eigenvalue weighted by Gasteiger charge is -2.19. The molecule has 1 aliphatic rings. The van der Waals surface area contributed by atoms with E-state index in [1.807, 2.05) is 19.1 Å². The Morgan fingerprint density at radius 1 is 1.45 bits per heavy atom. The van der Waals surface area contributed by atoms with Gasteiger partial charge in [0, 0.05) is 18.8 Å².